The predicted octanol–water partition coefficient (Wildman–Crippen LogP) is 5.43. The number of alkyl halides is 3. The van der Waals surface area contributed by atoms with E-state index in [0.717, 1.165) is 29.2 Å². The number of rotatable bonds is 8. The van der Waals surface area contributed by atoms with Gasteiger partial charge in [0.2, 0.25) is 0 Å². The fourth-order valence-corrected chi connectivity index (χ4v) is 5.02. The fourth-order valence-electron chi connectivity index (χ4n) is 3.25. The molecule has 0 aliphatic heterocycles. The lowest BCUT2D eigenvalue weighted by Crippen LogP contribution is -2.11. The van der Waals surface area contributed by atoms with Gasteiger partial charge in [-0.2, -0.15) is 13.2 Å². The number of hydrogen-bond donors (Lipinski definition) is 1. The first-order valence-corrected chi connectivity index (χ1v) is 11.7. The van der Waals surface area contributed by atoms with Gasteiger partial charge in [0.05, 0.1) is 21.5 Å². The number of thioether (sulfide) groups is 1. The number of hydrogen-bond acceptors (Lipinski definition) is 6. The summed E-state index contributed by atoms with van der Waals surface area (Å²) in [4.78, 5) is 27.9. The zero-order valence-electron chi connectivity index (χ0n) is 17.1. The van der Waals surface area contributed by atoms with E-state index < -0.39 is 17.6 Å². The summed E-state index contributed by atoms with van der Waals surface area (Å²) >= 11 is 2.72. The molecule has 1 saturated carbocycles. The van der Waals surface area contributed by atoms with Gasteiger partial charge in [0.1, 0.15) is 6.61 Å². The maximum Gasteiger partial charge on any atom is 0.416 e. The lowest BCUT2D eigenvalue weighted by atomic mass is 10.1. The van der Waals surface area contributed by atoms with Crippen LogP contribution in [0.1, 0.15) is 35.7 Å². The molecule has 6 nitrogen and oxygen atoms in total. The standard InChI is InChI=1S/C21H20F3N3O3S2/c1-12(28)30-6-7-31-18-9-25-20(32-18)26-19(29)16-11-27(10-13-2-3-13)17-8-14(21(22,23)24)4-5-15(16)17/h4-5,8-9,11,13H,2-3,6-7,10H2,1H3,(H,25,26,29). The number of esters is 1. The number of aromatic nitrogens is 2. The lowest BCUT2D eigenvalue weighted by molar-refractivity contribution is -0.140. The zero-order chi connectivity index (χ0) is 22.9. The molecule has 4 rings (SSSR count). The average Bonchev–Trinajstić information content (AvgIpc) is 3.31. The maximum absolute atomic E-state index is 13.2. The number of halogens is 3. The SMILES string of the molecule is CC(=O)OCCSc1cnc(NC(=O)c2cn(CC3CC3)c3cc(C(F)(F)F)ccc23)s1. The highest BCUT2D eigenvalue weighted by molar-refractivity contribution is 8.01. The highest BCUT2D eigenvalue weighted by atomic mass is 32.2. The quantitative estimate of drug-likeness (QED) is 0.263. The van der Waals surface area contributed by atoms with E-state index >= 15 is 0 Å². The Morgan fingerprint density at radius 1 is 1.34 bits per heavy atom. The molecule has 11 heteroatoms. The summed E-state index contributed by atoms with van der Waals surface area (Å²) in [5.74, 6) is 0.230. The number of thiazole rings is 1. The number of fused-ring (bicyclic) bond motifs is 1. The number of carbonyl (C=O) groups excluding carboxylic acids is 2. The second-order valence-corrected chi connectivity index (χ2v) is 9.92. The first kappa shape index (κ1) is 22.7. The number of nitrogens with zero attached hydrogens (tertiary/aromatic N) is 2. The normalized spacial score (nSPS) is 14.0. The summed E-state index contributed by atoms with van der Waals surface area (Å²) in [6.07, 6.45) is 0.871. The molecular formula is C21H20F3N3O3S2. The van der Waals surface area contributed by atoms with E-state index in [1.165, 1.54) is 36.1 Å². The lowest BCUT2D eigenvalue weighted by Gasteiger charge is -2.08. The van der Waals surface area contributed by atoms with Crippen molar-refractivity contribution in [2.45, 2.75) is 36.7 Å². The minimum Gasteiger partial charge on any atom is -0.465 e. The molecule has 1 aliphatic rings. The van der Waals surface area contributed by atoms with Crippen LogP contribution in [0.4, 0.5) is 18.3 Å². The largest absolute Gasteiger partial charge is 0.465 e. The number of ether oxygens (including phenoxy) is 1. The molecule has 1 fully saturated rings. The summed E-state index contributed by atoms with van der Waals surface area (Å²) in [7, 11) is 0. The summed E-state index contributed by atoms with van der Waals surface area (Å²) in [6, 6.07) is 3.46. The van der Waals surface area contributed by atoms with Gasteiger partial charge in [-0.15, -0.1) is 11.8 Å². The van der Waals surface area contributed by atoms with Crippen molar-refractivity contribution in [3.8, 4) is 0 Å². The van der Waals surface area contributed by atoms with Gasteiger partial charge in [-0.3, -0.25) is 14.9 Å². The second kappa shape index (κ2) is 9.14. The van der Waals surface area contributed by atoms with Crippen LogP contribution in [0.2, 0.25) is 0 Å². The van der Waals surface area contributed by atoms with E-state index in [2.05, 4.69) is 10.3 Å². The Balaban J connectivity index is 1.51. The van der Waals surface area contributed by atoms with Crippen LogP contribution in [0.15, 0.2) is 34.8 Å². The maximum atomic E-state index is 13.2. The van der Waals surface area contributed by atoms with Gasteiger partial charge in [0.25, 0.3) is 5.91 Å². The van der Waals surface area contributed by atoms with Crippen molar-refractivity contribution >= 4 is 51.0 Å². The Bertz CT molecular complexity index is 1150. The van der Waals surface area contributed by atoms with Gasteiger partial charge in [-0.05, 0) is 30.9 Å². The van der Waals surface area contributed by atoms with Crippen molar-refractivity contribution < 1.29 is 27.5 Å². The van der Waals surface area contributed by atoms with E-state index in [-0.39, 0.29) is 12.6 Å². The molecule has 1 N–H and O–H groups in total. The van der Waals surface area contributed by atoms with Gasteiger partial charge >= 0.3 is 12.1 Å². The second-order valence-electron chi connectivity index (χ2n) is 7.50. The molecule has 0 bridgehead atoms. The molecule has 3 aromatic rings. The molecule has 32 heavy (non-hydrogen) atoms. The molecule has 2 heterocycles. The van der Waals surface area contributed by atoms with Crippen molar-refractivity contribution in [2.24, 2.45) is 5.92 Å². The molecule has 0 spiro atoms. The average molecular weight is 484 g/mol. The van der Waals surface area contributed by atoms with E-state index in [9.17, 15) is 22.8 Å². The van der Waals surface area contributed by atoms with Crippen LogP contribution in [0.25, 0.3) is 10.9 Å². The summed E-state index contributed by atoms with van der Waals surface area (Å²) in [6.45, 7) is 2.21. The molecule has 0 saturated heterocycles. The molecule has 0 atom stereocenters. The third-order valence-corrected chi connectivity index (χ3v) is 7.02. The van der Waals surface area contributed by atoms with Gasteiger partial charge in [0.15, 0.2) is 5.13 Å². The summed E-state index contributed by atoms with van der Waals surface area (Å²) in [5, 5.41) is 3.61. The topological polar surface area (TPSA) is 73.2 Å². The first-order valence-electron chi connectivity index (χ1n) is 9.94. The number of anilines is 1. The molecule has 1 amide bonds. The van der Waals surface area contributed by atoms with Gasteiger partial charge < -0.3 is 9.30 Å². The molecule has 1 aromatic carbocycles. The molecule has 0 radical (unpaired) electrons. The van der Waals surface area contributed by atoms with Crippen molar-refractivity contribution in [2.75, 3.05) is 17.7 Å². The van der Waals surface area contributed by atoms with Crippen LogP contribution in [0.5, 0.6) is 0 Å². The molecule has 1 aliphatic carbocycles. The van der Waals surface area contributed by atoms with Gasteiger partial charge in [0, 0.05) is 36.3 Å². The Morgan fingerprint density at radius 3 is 2.81 bits per heavy atom. The van der Waals surface area contributed by atoms with Crippen molar-refractivity contribution in [3.05, 3.63) is 41.7 Å². The van der Waals surface area contributed by atoms with Crippen molar-refractivity contribution in [3.63, 3.8) is 0 Å². The minimum absolute atomic E-state index is 0.278. The van der Waals surface area contributed by atoms with Crippen LogP contribution >= 0.6 is 23.1 Å². The molecule has 2 aromatic heterocycles. The number of benzene rings is 1. The van der Waals surface area contributed by atoms with Crippen LogP contribution in [-0.2, 0) is 22.3 Å². The Labute approximate surface area is 190 Å². The number of carbonyl (C=O) groups is 2. The van der Waals surface area contributed by atoms with E-state index in [1.54, 1.807) is 17.0 Å². The summed E-state index contributed by atoms with van der Waals surface area (Å²) in [5.41, 5.74) is -0.0196. The van der Waals surface area contributed by atoms with E-state index in [4.69, 9.17) is 4.74 Å². The Hall–Kier alpha value is -2.53. The third kappa shape index (κ3) is 5.44. The van der Waals surface area contributed by atoms with Crippen LogP contribution in [0, 0.1) is 5.92 Å². The zero-order valence-corrected chi connectivity index (χ0v) is 18.7. The van der Waals surface area contributed by atoms with E-state index in [0.29, 0.717) is 39.8 Å². The molecule has 0 unspecified atom stereocenters. The number of nitrogens with one attached hydrogen (secondary N) is 1. The predicted molar refractivity (Wildman–Crippen MR) is 117 cm³/mol. The smallest absolute Gasteiger partial charge is 0.416 e. The monoisotopic (exact) mass is 483 g/mol. The van der Waals surface area contributed by atoms with Crippen LogP contribution in [0.3, 0.4) is 0 Å². The Morgan fingerprint density at radius 2 is 2.12 bits per heavy atom. The molecular weight excluding hydrogens is 463 g/mol. The van der Waals surface area contributed by atoms with Crippen molar-refractivity contribution in [1.82, 2.24) is 9.55 Å². The highest BCUT2D eigenvalue weighted by Crippen LogP contribution is 2.36. The Kier molecular flexibility index (Phi) is 6.47. The minimum atomic E-state index is -4.45. The van der Waals surface area contributed by atoms with Crippen LogP contribution in [-0.4, -0.2) is 33.8 Å². The number of amides is 1. The van der Waals surface area contributed by atoms with Crippen molar-refractivity contribution in [1.29, 1.82) is 0 Å². The first-order chi connectivity index (χ1) is 15.2. The van der Waals surface area contributed by atoms with Gasteiger partial charge in [-0.1, -0.05) is 17.4 Å². The molecule has 170 valence electrons. The van der Waals surface area contributed by atoms with Crippen LogP contribution < -0.4 is 5.32 Å². The van der Waals surface area contributed by atoms with E-state index in [1.807, 2.05) is 0 Å². The highest BCUT2D eigenvalue weighted by Gasteiger charge is 2.32. The van der Waals surface area contributed by atoms with Gasteiger partial charge in [-0.25, -0.2) is 4.98 Å². The fraction of sp³-hybridized carbons (Fsp3) is 0.381. The third-order valence-electron chi connectivity index (χ3n) is 4.94. The summed E-state index contributed by atoms with van der Waals surface area (Å²) < 4.78 is 47.1.